The van der Waals surface area contributed by atoms with E-state index in [1.165, 1.54) is 43.6 Å². The molecule has 9 heteroatoms. The molecule has 31 heavy (non-hydrogen) atoms. The van der Waals surface area contributed by atoms with Gasteiger partial charge < -0.3 is 25.1 Å². The number of likely N-dealkylation sites (N-methyl/N-ethyl adjacent to an activating group) is 1. The van der Waals surface area contributed by atoms with Crippen LogP contribution in [-0.2, 0) is 9.59 Å². The number of ether oxygens (including phenoxy) is 1. The number of halogens is 1. The minimum Gasteiger partial charge on any atom is -0.484 e. The van der Waals surface area contributed by atoms with Crippen LogP contribution in [0.4, 0.5) is 10.1 Å². The molecule has 3 aromatic rings. The van der Waals surface area contributed by atoms with E-state index in [4.69, 9.17) is 14.9 Å². The lowest BCUT2D eigenvalue weighted by atomic mass is 10.0. The molecule has 0 aliphatic heterocycles. The molecule has 3 rings (SSSR count). The van der Waals surface area contributed by atoms with E-state index >= 15 is 0 Å². The topological polar surface area (TPSA) is 115 Å². The predicted octanol–water partition coefficient (Wildman–Crippen LogP) is 2.73. The summed E-state index contributed by atoms with van der Waals surface area (Å²) in [7, 11) is 1.38. The Morgan fingerprint density at radius 3 is 2.58 bits per heavy atom. The van der Waals surface area contributed by atoms with E-state index < -0.39 is 36.2 Å². The van der Waals surface area contributed by atoms with Crippen LogP contribution >= 0.6 is 0 Å². The highest BCUT2D eigenvalue weighted by atomic mass is 19.1. The number of benzene rings is 2. The number of furan rings is 1. The number of amides is 3. The molecule has 2 aromatic carbocycles. The van der Waals surface area contributed by atoms with Gasteiger partial charge in [-0.1, -0.05) is 18.2 Å². The van der Waals surface area contributed by atoms with Gasteiger partial charge in [-0.25, -0.2) is 4.39 Å². The van der Waals surface area contributed by atoms with Gasteiger partial charge in [0.05, 0.1) is 6.26 Å². The molecule has 0 fully saturated rings. The second-order valence-electron chi connectivity index (χ2n) is 6.61. The monoisotopic (exact) mass is 425 g/mol. The Morgan fingerprint density at radius 1 is 1.13 bits per heavy atom. The third-order valence-electron chi connectivity index (χ3n) is 4.41. The van der Waals surface area contributed by atoms with E-state index in [1.54, 1.807) is 24.3 Å². The van der Waals surface area contributed by atoms with Crippen molar-refractivity contribution in [1.82, 2.24) is 4.90 Å². The highest BCUT2D eigenvalue weighted by molar-refractivity contribution is 6.02. The Balaban J connectivity index is 1.64. The summed E-state index contributed by atoms with van der Waals surface area (Å²) < 4.78 is 24.1. The molecule has 1 heterocycles. The molecule has 0 radical (unpaired) electrons. The molecule has 1 unspecified atom stereocenters. The molecule has 0 saturated carbocycles. The SMILES string of the molecule is CN(C(=O)COc1cccc(NC(=O)c2ccco2)c1)C(C(N)=O)c1cccc(F)c1. The molecule has 0 aliphatic carbocycles. The molecule has 8 nitrogen and oxygen atoms in total. The largest absolute Gasteiger partial charge is 0.484 e. The summed E-state index contributed by atoms with van der Waals surface area (Å²) in [5.74, 6) is -1.85. The van der Waals surface area contributed by atoms with Crippen molar-refractivity contribution in [1.29, 1.82) is 0 Å². The first kappa shape index (κ1) is 21.6. The van der Waals surface area contributed by atoms with Crippen LogP contribution in [-0.4, -0.2) is 36.3 Å². The van der Waals surface area contributed by atoms with E-state index in [0.29, 0.717) is 11.4 Å². The molecule has 1 atom stereocenters. The van der Waals surface area contributed by atoms with Gasteiger partial charge in [0, 0.05) is 18.8 Å². The number of nitrogens with one attached hydrogen (secondary N) is 1. The fourth-order valence-electron chi connectivity index (χ4n) is 2.91. The van der Waals surface area contributed by atoms with Crippen LogP contribution in [0.5, 0.6) is 5.75 Å². The molecular formula is C22H20FN3O5. The fraction of sp³-hybridized carbons (Fsp3) is 0.136. The van der Waals surface area contributed by atoms with E-state index in [0.717, 1.165) is 11.0 Å². The number of primary amides is 1. The van der Waals surface area contributed by atoms with Crippen molar-refractivity contribution in [3.8, 4) is 5.75 Å². The van der Waals surface area contributed by atoms with E-state index in [2.05, 4.69) is 5.32 Å². The number of rotatable bonds is 8. The Morgan fingerprint density at radius 2 is 1.90 bits per heavy atom. The van der Waals surface area contributed by atoms with Gasteiger partial charge in [0.2, 0.25) is 5.91 Å². The number of nitrogens with two attached hydrogens (primary N) is 1. The van der Waals surface area contributed by atoms with Crippen LogP contribution in [0.3, 0.4) is 0 Å². The van der Waals surface area contributed by atoms with Crippen LogP contribution in [0, 0.1) is 5.82 Å². The maximum absolute atomic E-state index is 13.5. The lowest BCUT2D eigenvalue weighted by Crippen LogP contribution is -2.41. The molecule has 0 spiro atoms. The highest BCUT2D eigenvalue weighted by Crippen LogP contribution is 2.22. The average molecular weight is 425 g/mol. The third kappa shape index (κ3) is 5.47. The number of anilines is 1. The summed E-state index contributed by atoms with van der Waals surface area (Å²) in [4.78, 5) is 37.6. The van der Waals surface area contributed by atoms with Crippen molar-refractivity contribution in [3.05, 3.63) is 84.1 Å². The molecule has 0 bridgehead atoms. The fourth-order valence-corrected chi connectivity index (χ4v) is 2.91. The maximum atomic E-state index is 13.5. The standard InChI is InChI=1S/C22H20FN3O5/c1-26(20(21(24)28)14-5-2-6-15(23)11-14)19(27)13-31-17-8-3-7-16(12-17)25-22(29)18-9-4-10-30-18/h2-12,20H,13H2,1H3,(H2,24,28)(H,25,29). The lowest BCUT2D eigenvalue weighted by molar-refractivity contribution is -0.139. The van der Waals surface area contributed by atoms with E-state index in [9.17, 15) is 18.8 Å². The van der Waals surface area contributed by atoms with Crippen LogP contribution < -0.4 is 15.8 Å². The molecule has 3 N–H and O–H groups in total. The van der Waals surface area contributed by atoms with Gasteiger partial charge in [0.25, 0.3) is 11.8 Å². The van der Waals surface area contributed by atoms with Gasteiger partial charge >= 0.3 is 0 Å². The Kier molecular flexibility index (Phi) is 6.66. The van der Waals surface area contributed by atoms with Gasteiger partial charge in [-0.2, -0.15) is 0 Å². The number of carbonyl (C=O) groups excluding carboxylic acids is 3. The van der Waals surface area contributed by atoms with Crippen molar-refractivity contribution in [2.75, 3.05) is 19.0 Å². The third-order valence-corrected chi connectivity index (χ3v) is 4.41. The summed E-state index contributed by atoms with van der Waals surface area (Å²) in [5.41, 5.74) is 6.12. The molecule has 0 aliphatic rings. The minimum atomic E-state index is -1.15. The summed E-state index contributed by atoms with van der Waals surface area (Å²) in [6.45, 7) is -0.398. The van der Waals surface area contributed by atoms with Gasteiger partial charge in [-0.15, -0.1) is 0 Å². The Hall–Kier alpha value is -4.14. The number of carbonyl (C=O) groups is 3. The van der Waals surface area contributed by atoms with Crippen LogP contribution in [0.15, 0.2) is 71.3 Å². The molecule has 1 aromatic heterocycles. The molecule has 3 amide bonds. The first-order valence-corrected chi connectivity index (χ1v) is 9.23. The normalized spacial score (nSPS) is 11.4. The second kappa shape index (κ2) is 9.57. The maximum Gasteiger partial charge on any atom is 0.291 e. The second-order valence-corrected chi connectivity index (χ2v) is 6.61. The average Bonchev–Trinajstić information content (AvgIpc) is 3.27. The van der Waals surface area contributed by atoms with Crippen LogP contribution in [0.25, 0.3) is 0 Å². The summed E-state index contributed by atoms with van der Waals surface area (Å²) in [6, 6.07) is 13.7. The predicted molar refractivity (Wildman–Crippen MR) is 110 cm³/mol. The highest BCUT2D eigenvalue weighted by Gasteiger charge is 2.27. The van der Waals surface area contributed by atoms with Crippen molar-refractivity contribution in [2.24, 2.45) is 5.73 Å². The first-order valence-electron chi connectivity index (χ1n) is 9.23. The van der Waals surface area contributed by atoms with E-state index in [-0.39, 0.29) is 11.3 Å². The van der Waals surface area contributed by atoms with Gasteiger partial charge in [0.15, 0.2) is 12.4 Å². The zero-order valence-electron chi connectivity index (χ0n) is 16.6. The van der Waals surface area contributed by atoms with Crippen molar-refractivity contribution < 1.29 is 27.9 Å². The number of hydrogen-bond donors (Lipinski definition) is 2. The summed E-state index contributed by atoms with van der Waals surface area (Å²) in [6.07, 6.45) is 1.39. The van der Waals surface area contributed by atoms with Gasteiger partial charge in [-0.05, 0) is 42.0 Å². The smallest absolute Gasteiger partial charge is 0.291 e. The molecule has 0 saturated heterocycles. The molecule has 160 valence electrons. The number of nitrogens with zero attached hydrogens (tertiary/aromatic N) is 1. The van der Waals surface area contributed by atoms with Crippen molar-refractivity contribution >= 4 is 23.4 Å². The molecular weight excluding hydrogens is 405 g/mol. The van der Waals surface area contributed by atoms with E-state index in [1.807, 2.05) is 0 Å². The zero-order valence-corrected chi connectivity index (χ0v) is 16.6. The van der Waals surface area contributed by atoms with Crippen molar-refractivity contribution in [2.45, 2.75) is 6.04 Å². The van der Waals surface area contributed by atoms with Crippen molar-refractivity contribution in [3.63, 3.8) is 0 Å². The van der Waals surface area contributed by atoms with Crippen LogP contribution in [0.2, 0.25) is 0 Å². The lowest BCUT2D eigenvalue weighted by Gasteiger charge is -2.26. The zero-order chi connectivity index (χ0) is 22.4. The van der Waals surface area contributed by atoms with Gasteiger partial charge in [-0.3, -0.25) is 14.4 Å². The summed E-state index contributed by atoms with van der Waals surface area (Å²) in [5, 5.41) is 2.65. The Labute approximate surface area is 177 Å². The number of hydrogen-bond acceptors (Lipinski definition) is 5. The first-order chi connectivity index (χ1) is 14.8. The quantitative estimate of drug-likeness (QED) is 0.576. The minimum absolute atomic E-state index is 0.151. The van der Waals surface area contributed by atoms with Gasteiger partial charge in [0.1, 0.15) is 17.6 Å². The Bertz CT molecular complexity index is 1080. The summed E-state index contributed by atoms with van der Waals surface area (Å²) >= 11 is 0. The van der Waals surface area contributed by atoms with Crippen LogP contribution in [0.1, 0.15) is 22.2 Å².